The Morgan fingerprint density at radius 3 is 2.32 bits per heavy atom. The first-order valence-electron chi connectivity index (χ1n) is 9.69. The summed E-state index contributed by atoms with van der Waals surface area (Å²) in [5.74, 6) is 1.95. The van der Waals surface area contributed by atoms with Gasteiger partial charge in [0.05, 0.1) is 13.2 Å². The van der Waals surface area contributed by atoms with Crippen LogP contribution in [0, 0.1) is 13.8 Å². The van der Waals surface area contributed by atoms with Crippen molar-refractivity contribution in [1.82, 2.24) is 5.32 Å². The van der Waals surface area contributed by atoms with Crippen LogP contribution in [0.15, 0.2) is 36.4 Å². The van der Waals surface area contributed by atoms with E-state index in [-0.39, 0.29) is 12.0 Å². The van der Waals surface area contributed by atoms with Crippen LogP contribution in [0.4, 0.5) is 0 Å². The van der Waals surface area contributed by atoms with Gasteiger partial charge in [0.15, 0.2) is 17.6 Å². The molecule has 5 nitrogen and oxygen atoms in total. The molecule has 0 aliphatic rings. The average Bonchev–Trinajstić information content (AvgIpc) is 2.66. The summed E-state index contributed by atoms with van der Waals surface area (Å²) in [6.45, 7) is 10.3. The van der Waals surface area contributed by atoms with Gasteiger partial charge in [0.1, 0.15) is 5.75 Å². The molecule has 2 aromatic carbocycles. The highest BCUT2D eigenvalue weighted by atomic mass is 16.5. The maximum atomic E-state index is 12.6. The van der Waals surface area contributed by atoms with Crippen molar-refractivity contribution in [2.75, 3.05) is 7.11 Å². The van der Waals surface area contributed by atoms with Crippen LogP contribution in [-0.2, 0) is 11.3 Å². The maximum absolute atomic E-state index is 12.6. The fraction of sp³-hybridized carbons (Fsp3) is 0.435. The smallest absolute Gasteiger partial charge is 0.261 e. The van der Waals surface area contributed by atoms with E-state index in [1.54, 1.807) is 7.11 Å². The van der Waals surface area contributed by atoms with Gasteiger partial charge in [-0.05, 0) is 63.4 Å². The fourth-order valence-electron chi connectivity index (χ4n) is 2.88. The van der Waals surface area contributed by atoms with Crippen LogP contribution in [0.5, 0.6) is 17.2 Å². The van der Waals surface area contributed by atoms with E-state index in [1.165, 1.54) is 5.56 Å². The van der Waals surface area contributed by atoms with Gasteiger partial charge in [-0.3, -0.25) is 4.79 Å². The Bertz CT molecular complexity index is 801. The highest BCUT2D eigenvalue weighted by Gasteiger charge is 2.19. The Kier molecular flexibility index (Phi) is 7.73. The molecule has 0 unspecified atom stereocenters. The monoisotopic (exact) mass is 385 g/mol. The van der Waals surface area contributed by atoms with Gasteiger partial charge in [-0.25, -0.2) is 0 Å². The molecule has 0 aromatic heterocycles. The summed E-state index contributed by atoms with van der Waals surface area (Å²) in [5, 5.41) is 2.95. The van der Waals surface area contributed by atoms with E-state index in [1.807, 2.05) is 71.0 Å². The van der Waals surface area contributed by atoms with Crippen molar-refractivity contribution in [3.05, 3.63) is 53.1 Å². The molecule has 1 atom stereocenters. The standard InChI is InChI=1S/C23H31NO4/c1-7-19(28-20-10-8-16(4)12-17(20)5)23(25)24-14-18-9-11-21(27-15(2)3)22(13-18)26-6/h8-13,15,19H,7,14H2,1-6H3,(H,24,25)/t19-/m1/s1. The number of hydrogen-bond donors (Lipinski definition) is 1. The fourth-order valence-corrected chi connectivity index (χ4v) is 2.88. The quantitative estimate of drug-likeness (QED) is 0.687. The third kappa shape index (κ3) is 5.91. The predicted molar refractivity (Wildman–Crippen MR) is 111 cm³/mol. The lowest BCUT2D eigenvalue weighted by Crippen LogP contribution is -2.37. The van der Waals surface area contributed by atoms with Gasteiger partial charge in [0.25, 0.3) is 5.91 Å². The molecule has 0 spiro atoms. The minimum absolute atomic E-state index is 0.0622. The van der Waals surface area contributed by atoms with Crippen LogP contribution in [0.25, 0.3) is 0 Å². The predicted octanol–water partition coefficient (Wildman–Crippen LogP) is 4.57. The minimum Gasteiger partial charge on any atom is -0.493 e. The number of rotatable bonds is 9. The summed E-state index contributed by atoms with van der Waals surface area (Å²) in [5.41, 5.74) is 3.13. The number of carbonyl (C=O) groups is 1. The molecule has 1 amide bonds. The number of ether oxygens (including phenoxy) is 3. The minimum atomic E-state index is -0.535. The Labute approximate surface area is 168 Å². The zero-order valence-electron chi connectivity index (χ0n) is 17.7. The van der Waals surface area contributed by atoms with E-state index in [0.29, 0.717) is 24.5 Å². The Morgan fingerprint density at radius 1 is 1.00 bits per heavy atom. The van der Waals surface area contributed by atoms with Crippen molar-refractivity contribution in [2.24, 2.45) is 0 Å². The highest BCUT2D eigenvalue weighted by Crippen LogP contribution is 2.29. The van der Waals surface area contributed by atoms with Gasteiger partial charge in [0.2, 0.25) is 0 Å². The van der Waals surface area contributed by atoms with Crippen LogP contribution in [0.3, 0.4) is 0 Å². The Balaban J connectivity index is 2.01. The lowest BCUT2D eigenvalue weighted by Gasteiger charge is -2.19. The lowest BCUT2D eigenvalue weighted by atomic mass is 10.1. The van der Waals surface area contributed by atoms with Gasteiger partial charge in [0, 0.05) is 6.54 Å². The highest BCUT2D eigenvalue weighted by molar-refractivity contribution is 5.81. The summed E-state index contributed by atoms with van der Waals surface area (Å²) in [7, 11) is 1.61. The topological polar surface area (TPSA) is 56.8 Å². The SMILES string of the molecule is CC[C@@H](Oc1ccc(C)cc1C)C(=O)NCc1ccc(OC(C)C)c(OC)c1. The maximum Gasteiger partial charge on any atom is 0.261 e. The van der Waals surface area contributed by atoms with Crippen molar-refractivity contribution in [1.29, 1.82) is 0 Å². The van der Waals surface area contributed by atoms with Crippen molar-refractivity contribution in [3.63, 3.8) is 0 Å². The molecule has 28 heavy (non-hydrogen) atoms. The summed E-state index contributed by atoms with van der Waals surface area (Å²) in [6, 6.07) is 11.6. The molecule has 2 rings (SSSR count). The number of amides is 1. The number of hydrogen-bond acceptors (Lipinski definition) is 4. The van der Waals surface area contributed by atoms with Crippen LogP contribution >= 0.6 is 0 Å². The van der Waals surface area contributed by atoms with Crippen LogP contribution in [-0.4, -0.2) is 25.2 Å². The number of carbonyl (C=O) groups excluding carboxylic acids is 1. The first-order valence-corrected chi connectivity index (χ1v) is 9.69. The molecular weight excluding hydrogens is 354 g/mol. The summed E-state index contributed by atoms with van der Waals surface area (Å²) in [6.07, 6.45) is 0.114. The zero-order valence-corrected chi connectivity index (χ0v) is 17.7. The van der Waals surface area contributed by atoms with Gasteiger partial charge in [-0.1, -0.05) is 30.7 Å². The zero-order chi connectivity index (χ0) is 20.7. The molecule has 0 heterocycles. The molecule has 0 aliphatic carbocycles. The summed E-state index contributed by atoms with van der Waals surface area (Å²) < 4.78 is 17.1. The first-order chi connectivity index (χ1) is 13.3. The van der Waals surface area contributed by atoms with Gasteiger partial charge in [-0.2, -0.15) is 0 Å². The molecule has 1 N–H and O–H groups in total. The number of aryl methyl sites for hydroxylation is 2. The van der Waals surface area contributed by atoms with E-state index < -0.39 is 6.10 Å². The van der Waals surface area contributed by atoms with E-state index in [0.717, 1.165) is 16.9 Å². The number of nitrogens with one attached hydrogen (secondary N) is 1. The third-order valence-corrected chi connectivity index (χ3v) is 4.32. The van der Waals surface area contributed by atoms with E-state index >= 15 is 0 Å². The van der Waals surface area contributed by atoms with Gasteiger partial charge < -0.3 is 19.5 Å². The molecule has 2 aromatic rings. The summed E-state index contributed by atoms with van der Waals surface area (Å²) >= 11 is 0. The second-order valence-corrected chi connectivity index (χ2v) is 7.15. The van der Waals surface area contributed by atoms with E-state index in [2.05, 4.69) is 5.32 Å². The molecule has 0 saturated heterocycles. The largest absolute Gasteiger partial charge is 0.493 e. The Hall–Kier alpha value is -2.69. The second-order valence-electron chi connectivity index (χ2n) is 7.15. The molecular formula is C23H31NO4. The first kappa shape index (κ1) is 21.6. The molecule has 152 valence electrons. The van der Waals surface area contributed by atoms with Crippen molar-refractivity contribution >= 4 is 5.91 Å². The molecule has 5 heteroatoms. The second kappa shape index (κ2) is 10.0. The van der Waals surface area contributed by atoms with E-state index in [4.69, 9.17) is 14.2 Å². The molecule has 0 aliphatic heterocycles. The Morgan fingerprint density at radius 2 is 1.71 bits per heavy atom. The molecule has 0 saturated carbocycles. The molecule has 0 radical (unpaired) electrons. The van der Waals surface area contributed by atoms with Crippen molar-refractivity contribution in [2.45, 2.75) is 59.8 Å². The number of methoxy groups -OCH3 is 1. The third-order valence-electron chi connectivity index (χ3n) is 4.32. The van der Waals surface area contributed by atoms with E-state index in [9.17, 15) is 4.79 Å². The summed E-state index contributed by atoms with van der Waals surface area (Å²) in [4.78, 5) is 12.6. The van der Waals surface area contributed by atoms with Crippen LogP contribution < -0.4 is 19.5 Å². The molecule has 0 fully saturated rings. The van der Waals surface area contributed by atoms with Crippen molar-refractivity contribution < 1.29 is 19.0 Å². The molecule has 0 bridgehead atoms. The van der Waals surface area contributed by atoms with Crippen LogP contribution in [0.1, 0.15) is 43.9 Å². The normalized spacial score (nSPS) is 11.8. The van der Waals surface area contributed by atoms with Crippen molar-refractivity contribution in [3.8, 4) is 17.2 Å². The van der Waals surface area contributed by atoms with Gasteiger partial charge >= 0.3 is 0 Å². The van der Waals surface area contributed by atoms with Gasteiger partial charge in [-0.15, -0.1) is 0 Å². The van der Waals surface area contributed by atoms with Crippen LogP contribution in [0.2, 0.25) is 0 Å². The average molecular weight is 386 g/mol. The number of benzene rings is 2. The lowest BCUT2D eigenvalue weighted by molar-refractivity contribution is -0.128.